The van der Waals surface area contributed by atoms with Gasteiger partial charge in [0.2, 0.25) is 0 Å². The number of nitrogens with one attached hydrogen (secondary N) is 1. The molecule has 0 saturated carbocycles. The number of hydrogen-bond acceptors (Lipinski definition) is 3. The highest BCUT2D eigenvalue weighted by Gasteiger charge is 2.30. The van der Waals surface area contributed by atoms with E-state index in [2.05, 4.69) is 39.0 Å². The third-order valence-corrected chi connectivity index (χ3v) is 6.36. The summed E-state index contributed by atoms with van der Waals surface area (Å²) in [7, 11) is 1.68. The van der Waals surface area contributed by atoms with E-state index < -0.39 is 0 Å². The van der Waals surface area contributed by atoms with Crippen molar-refractivity contribution in [3.8, 4) is 11.4 Å². The van der Waals surface area contributed by atoms with Crippen LogP contribution in [0.2, 0.25) is 0 Å². The zero-order chi connectivity index (χ0) is 17.2. The first kappa shape index (κ1) is 16.6. The molecule has 0 spiro atoms. The topological polar surface area (TPSA) is 23.5 Å². The summed E-state index contributed by atoms with van der Waals surface area (Å²) in [6, 6.07) is 13.0. The molecule has 1 aliphatic rings. The highest BCUT2D eigenvalue weighted by atomic mass is 32.1. The van der Waals surface area contributed by atoms with Gasteiger partial charge in [-0.25, -0.2) is 0 Å². The van der Waals surface area contributed by atoms with E-state index in [0.29, 0.717) is 6.04 Å². The van der Waals surface area contributed by atoms with Crippen LogP contribution in [0.1, 0.15) is 23.8 Å². The number of benzene rings is 1. The molecule has 0 amide bonds. The van der Waals surface area contributed by atoms with Crippen molar-refractivity contribution in [2.45, 2.75) is 25.6 Å². The zero-order valence-electron chi connectivity index (χ0n) is 14.2. The molecule has 4 rings (SSSR count). The van der Waals surface area contributed by atoms with Crippen LogP contribution in [0.4, 0.5) is 0 Å². The summed E-state index contributed by atoms with van der Waals surface area (Å²) in [5.74, 6) is 0.856. The monoisotopic (exact) mass is 372 g/mol. The molecule has 2 atom stereocenters. The fraction of sp³-hybridized carbons (Fsp3) is 0.316. The largest absolute Gasteiger partial charge is 0.497 e. The molecule has 1 aromatic carbocycles. The molecule has 0 bridgehead atoms. The van der Waals surface area contributed by atoms with Crippen molar-refractivity contribution in [3.05, 3.63) is 63.8 Å². The second-order valence-corrected chi connectivity index (χ2v) is 7.74. The van der Waals surface area contributed by atoms with Crippen molar-refractivity contribution in [1.82, 2.24) is 9.13 Å². The van der Waals surface area contributed by atoms with E-state index in [1.54, 1.807) is 12.0 Å². The molecule has 6 heteroatoms. The van der Waals surface area contributed by atoms with Gasteiger partial charge in [-0.15, -0.1) is 11.3 Å². The zero-order valence-corrected chi connectivity index (χ0v) is 15.9. The summed E-state index contributed by atoms with van der Waals surface area (Å²) in [5, 5.41) is 2.18. The Balaban J connectivity index is 1.55. The Bertz CT molecular complexity index is 880. The Morgan fingerprint density at radius 1 is 1.24 bits per heavy atom. The van der Waals surface area contributed by atoms with E-state index in [9.17, 15) is 0 Å². The first-order chi connectivity index (χ1) is 12.3. The van der Waals surface area contributed by atoms with E-state index in [-0.39, 0.29) is 0 Å². The van der Waals surface area contributed by atoms with Gasteiger partial charge in [0, 0.05) is 30.9 Å². The lowest BCUT2D eigenvalue weighted by Gasteiger charge is -2.21. The van der Waals surface area contributed by atoms with Crippen molar-refractivity contribution in [1.29, 1.82) is 0 Å². The Morgan fingerprint density at radius 3 is 2.80 bits per heavy atom. The number of hydrogen-bond donors (Lipinski definition) is 1. The number of rotatable bonds is 5. The van der Waals surface area contributed by atoms with Crippen LogP contribution in [0, 0.1) is 4.77 Å². The number of nitrogens with zero attached hydrogens (tertiary/aromatic N) is 2. The minimum atomic E-state index is 0.603. The molecule has 4 nitrogen and oxygen atoms in total. The molecule has 3 heterocycles. The molecule has 1 unspecified atom stereocenters. The average Bonchev–Trinajstić information content (AvgIpc) is 3.38. The van der Waals surface area contributed by atoms with Crippen LogP contribution < -0.4 is 9.64 Å². The van der Waals surface area contributed by atoms with Crippen LogP contribution >= 0.6 is 23.6 Å². The summed E-state index contributed by atoms with van der Waals surface area (Å²) in [5.41, 5.74) is 1.07. The fourth-order valence-corrected chi connectivity index (χ4v) is 4.84. The predicted octanol–water partition coefficient (Wildman–Crippen LogP) is 3.46. The van der Waals surface area contributed by atoms with Gasteiger partial charge < -0.3 is 9.64 Å². The number of likely N-dealkylation sites (tertiary alicyclic amines) is 1. The van der Waals surface area contributed by atoms with Gasteiger partial charge >= 0.3 is 0 Å². The number of imidazole rings is 1. The SMILES string of the molecule is COc1ccc(-n2ccn(C[NH+]3CCC[C@H]3c3cccs3)c2=S)cc1. The van der Waals surface area contributed by atoms with E-state index >= 15 is 0 Å². The van der Waals surface area contributed by atoms with Crippen molar-refractivity contribution in [3.63, 3.8) is 0 Å². The summed E-state index contributed by atoms with van der Waals surface area (Å²) >= 11 is 7.60. The lowest BCUT2D eigenvalue weighted by Crippen LogP contribution is -3.09. The normalized spacial score (nSPS) is 20.0. The van der Waals surface area contributed by atoms with Crippen LogP contribution in [0.3, 0.4) is 0 Å². The van der Waals surface area contributed by atoms with Gasteiger partial charge in [-0.2, -0.15) is 0 Å². The predicted molar refractivity (Wildman–Crippen MR) is 103 cm³/mol. The number of ether oxygens (including phenoxy) is 1. The van der Waals surface area contributed by atoms with E-state index in [1.165, 1.54) is 24.3 Å². The van der Waals surface area contributed by atoms with Crippen LogP contribution in [-0.2, 0) is 6.67 Å². The Labute approximate surface area is 156 Å². The van der Waals surface area contributed by atoms with Crippen molar-refractivity contribution >= 4 is 23.6 Å². The van der Waals surface area contributed by atoms with Gasteiger partial charge in [0.1, 0.15) is 11.8 Å². The van der Waals surface area contributed by atoms with Crippen molar-refractivity contribution in [2.24, 2.45) is 0 Å². The van der Waals surface area contributed by atoms with Gasteiger partial charge in [-0.05, 0) is 47.9 Å². The number of methoxy groups -OCH3 is 1. The standard InChI is InChI=1S/C19H21N3OS2/c1-23-16-8-6-15(7-9-16)22-12-11-21(19(22)24)14-20-10-2-4-17(20)18-5-3-13-25-18/h3,5-9,11-13,17H,2,4,10,14H2,1H3/p+1/t17-/m0/s1. The maximum absolute atomic E-state index is 5.73. The van der Waals surface area contributed by atoms with E-state index in [0.717, 1.165) is 22.9 Å². The molecular formula is C19H22N3OS2+. The minimum Gasteiger partial charge on any atom is -0.497 e. The molecule has 0 aliphatic carbocycles. The number of quaternary nitrogens is 1. The van der Waals surface area contributed by atoms with E-state index in [4.69, 9.17) is 17.0 Å². The second kappa shape index (κ2) is 7.15. The third-order valence-electron chi connectivity index (χ3n) is 4.94. The number of aromatic nitrogens is 2. The number of thiophene rings is 1. The molecule has 1 N–H and O–H groups in total. The summed E-state index contributed by atoms with van der Waals surface area (Å²) in [6.07, 6.45) is 6.70. The first-order valence-electron chi connectivity index (χ1n) is 8.56. The fourth-order valence-electron chi connectivity index (χ4n) is 3.63. The van der Waals surface area contributed by atoms with Gasteiger partial charge in [0.05, 0.1) is 18.5 Å². The maximum atomic E-state index is 5.73. The second-order valence-electron chi connectivity index (χ2n) is 6.40. The van der Waals surface area contributed by atoms with Crippen molar-refractivity contribution in [2.75, 3.05) is 13.7 Å². The molecule has 2 aromatic heterocycles. The van der Waals surface area contributed by atoms with Crippen LogP contribution in [0.5, 0.6) is 5.75 Å². The van der Waals surface area contributed by atoms with Gasteiger partial charge in [0.15, 0.2) is 11.4 Å². The van der Waals surface area contributed by atoms with Crippen LogP contribution in [0.15, 0.2) is 54.2 Å². The molecule has 1 fully saturated rings. The lowest BCUT2D eigenvalue weighted by atomic mass is 10.2. The summed E-state index contributed by atoms with van der Waals surface area (Å²) in [6.45, 7) is 2.13. The molecular weight excluding hydrogens is 350 g/mol. The van der Waals surface area contributed by atoms with Gasteiger partial charge in [-0.1, -0.05) is 6.07 Å². The Kier molecular flexibility index (Phi) is 4.74. The summed E-state index contributed by atoms with van der Waals surface area (Å²) < 4.78 is 10.3. The molecule has 130 valence electrons. The summed E-state index contributed by atoms with van der Waals surface area (Å²) in [4.78, 5) is 3.10. The first-order valence-corrected chi connectivity index (χ1v) is 9.85. The molecule has 25 heavy (non-hydrogen) atoms. The molecule has 1 saturated heterocycles. The average molecular weight is 373 g/mol. The van der Waals surface area contributed by atoms with Crippen LogP contribution in [0.25, 0.3) is 5.69 Å². The third kappa shape index (κ3) is 3.29. The molecule has 3 aromatic rings. The van der Waals surface area contributed by atoms with Crippen LogP contribution in [-0.4, -0.2) is 22.8 Å². The Morgan fingerprint density at radius 2 is 2.08 bits per heavy atom. The molecule has 1 aliphatic heterocycles. The Hall–Kier alpha value is -1.89. The maximum Gasteiger partial charge on any atom is 0.188 e. The van der Waals surface area contributed by atoms with Crippen molar-refractivity contribution < 1.29 is 9.64 Å². The highest BCUT2D eigenvalue weighted by Crippen LogP contribution is 2.23. The lowest BCUT2D eigenvalue weighted by molar-refractivity contribution is -0.940. The van der Waals surface area contributed by atoms with E-state index in [1.807, 2.05) is 35.6 Å². The highest BCUT2D eigenvalue weighted by molar-refractivity contribution is 7.71. The smallest absolute Gasteiger partial charge is 0.188 e. The quantitative estimate of drug-likeness (QED) is 0.694. The van der Waals surface area contributed by atoms with Gasteiger partial charge in [-0.3, -0.25) is 9.13 Å². The minimum absolute atomic E-state index is 0.603. The van der Waals surface area contributed by atoms with Gasteiger partial charge in [0.25, 0.3) is 0 Å². The molecule has 0 radical (unpaired) electrons.